The molecule has 1 heterocycles. The molecule has 3 aromatic rings. The second kappa shape index (κ2) is 13.2. The standard InChI is InChI=1S/C32H29F5N4O3/c1-18-12-19(16-38)14-21(13-18)41-17-25(27(42)15-24-22(29(33)34)8-5-9-26(24)41)40-31(44)23(10-11-32(35,36)37)28(30(39)43)20-6-3-2-4-7-20/h2-9,12-14,23,25,28-29H,10-11,15,17H2,1H3,(H2,39,43)(H,40,44)/t23-,25+,28+/m1/s1. The molecular formula is C32H29F5N4O3. The normalized spacial score (nSPS) is 16.5. The number of primary amides is 1. The van der Waals surface area contributed by atoms with Crippen LogP contribution in [-0.4, -0.2) is 36.4 Å². The van der Waals surface area contributed by atoms with Gasteiger partial charge in [-0.3, -0.25) is 14.4 Å². The van der Waals surface area contributed by atoms with Crippen LogP contribution in [0.2, 0.25) is 0 Å². The predicted molar refractivity (Wildman–Crippen MR) is 152 cm³/mol. The maximum Gasteiger partial charge on any atom is 0.389 e. The van der Waals surface area contributed by atoms with Crippen molar-refractivity contribution in [3.8, 4) is 6.07 Å². The lowest BCUT2D eigenvalue weighted by molar-refractivity contribution is -0.144. The Morgan fingerprint density at radius 2 is 1.80 bits per heavy atom. The van der Waals surface area contributed by atoms with Crippen LogP contribution in [0.15, 0.2) is 66.7 Å². The molecule has 0 saturated heterocycles. The molecule has 1 aliphatic rings. The zero-order valence-corrected chi connectivity index (χ0v) is 23.6. The summed E-state index contributed by atoms with van der Waals surface area (Å²) in [6, 6.07) is 17.2. The minimum atomic E-state index is -4.65. The molecule has 12 heteroatoms. The van der Waals surface area contributed by atoms with Crippen LogP contribution in [-0.2, 0) is 20.8 Å². The van der Waals surface area contributed by atoms with E-state index >= 15 is 0 Å². The highest BCUT2D eigenvalue weighted by Gasteiger charge is 2.40. The van der Waals surface area contributed by atoms with E-state index in [9.17, 15) is 41.6 Å². The Balaban J connectivity index is 1.77. The van der Waals surface area contributed by atoms with Crippen LogP contribution in [0.5, 0.6) is 0 Å². The van der Waals surface area contributed by atoms with Crippen molar-refractivity contribution < 1.29 is 36.3 Å². The van der Waals surface area contributed by atoms with Crippen LogP contribution in [0.25, 0.3) is 0 Å². The summed E-state index contributed by atoms with van der Waals surface area (Å²) in [5.41, 5.74) is 7.05. The van der Waals surface area contributed by atoms with Crippen molar-refractivity contribution in [2.45, 2.75) is 50.7 Å². The van der Waals surface area contributed by atoms with Crippen LogP contribution in [0.3, 0.4) is 0 Å². The third-order valence-electron chi connectivity index (χ3n) is 7.58. The first-order valence-corrected chi connectivity index (χ1v) is 13.7. The molecule has 3 aromatic carbocycles. The monoisotopic (exact) mass is 612 g/mol. The van der Waals surface area contributed by atoms with Gasteiger partial charge in [-0.1, -0.05) is 42.5 Å². The number of hydrogen-bond donors (Lipinski definition) is 2. The van der Waals surface area contributed by atoms with Crippen LogP contribution >= 0.6 is 0 Å². The van der Waals surface area contributed by atoms with Gasteiger partial charge in [0.1, 0.15) is 6.04 Å². The summed E-state index contributed by atoms with van der Waals surface area (Å²) in [5, 5.41) is 12.0. The zero-order valence-electron chi connectivity index (χ0n) is 23.6. The number of anilines is 2. The Morgan fingerprint density at radius 1 is 1.09 bits per heavy atom. The SMILES string of the molecule is Cc1cc(C#N)cc(N2C[C@H](NC(=O)[C@H](CCC(F)(F)F)[C@@H](C(N)=O)c3ccccc3)C(=O)Cc3c(C(F)F)cccc32)c1. The largest absolute Gasteiger partial charge is 0.389 e. The quantitative estimate of drug-likeness (QED) is 0.297. The molecule has 0 bridgehead atoms. The number of aryl methyl sites for hydroxylation is 1. The molecule has 0 aromatic heterocycles. The second-order valence-corrected chi connectivity index (χ2v) is 10.7. The number of rotatable bonds is 9. The molecule has 0 fully saturated rings. The molecule has 230 valence electrons. The molecule has 3 N–H and O–H groups in total. The Kier molecular flexibility index (Phi) is 9.67. The number of nitrogens with one attached hydrogen (secondary N) is 1. The predicted octanol–water partition coefficient (Wildman–Crippen LogP) is 5.78. The summed E-state index contributed by atoms with van der Waals surface area (Å²) in [7, 11) is 0. The number of ketones is 1. The van der Waals surface area contributed by atoms with Gasteiger partial charge in [0.25, 0.3) is 6.43 Å². The Morgan fingerprint density at radius 3 is 2.41 bits per heavy atom. The third-order valence-corrected chi connectivity index (χ3v) is 7.58. The van der Waals surface area contributed by atoms with Gasteiger partial charge < -0.3 is 16.0 Å². The Bertz CT molecular complexity index is 1590. The second-order valence-electron chi connectivity index (χ2n) is 10.7. The average Bonchev–Trinajstić information content (AvgIpc) is 3.10. The van der Waals surface area contributed by atoms with Crippen LogP contribution in [0.4, 0.5) is 33.3 Å². The molecule has 0 radical (unpaired) electrons. The Labute approximate surface area is 250 Å². The topological polar surface area (TPSA) is 116 Å². The van der Waals surface area contributed by atoms with Crippen molar-refractivity contribution in [1.29, 1.82) is 5.26 Å². The van der Waals surface area contributed by atoms with Gasteiger partial charge in [-0.25, -0.2) is 8.78 Å². The smallest absolute Gasteiger partial charge is 0.369 e. The molecule has 3 atom stereocenters. The van der Waals surface area contributed by atoms with E-state index in [-0.39, 0.29) is 34.5 Å². The number of nitriles is 1. The average molecular weight is 613 g/mol. The summed E-state index contributed by atoms with van der Waals surface area (Å²) in [4.78, 5) is 41.4. The van der Waals surface area contributed by atoms with E-state index in [0.29, 0.717) is 11.3 Å². The number of nitrogens with two attached hydrogens (primary N) is 1. The van der Waals surface area contributed by atoms with Gasteiger partial charge in [-0.05, 0) is 54.3 Å². The van der Waals surface area contributed by atoms with Crippen molar-refractivity contribution >= 4 is 29.0 Å². The van der Waals surface area contributed by atoms with Crippen molar-refractivity contribution in [2.24, 2.45) is 11.7 Å². The maximum absolute atomic E-state index is 14.1. The number of Topliss-reactive ketones (excluding diaryl/α,β-unsaturated/α-hetero) is 1. The number of fused-ring (bicyclic) bond motifs is 1. The maximum atomic E-state index is 14.1. The number of halogens is 5. The number of alkyl halides is 5. The molecule has 0 aliphatic carbocycles. The van der Waals surface area contributed by atoms with Gasteiger partial charge in [-0.15, -0.1) is 0 Å². The van der Waals surface area contributed by atoms with E-state index in [1.807, 2.05) is 6.07 Å². The van der Waals surface area contributed by atoms with E-state index in [1.54, 1.807) is 37.3 Å². The summed E-state index contributed by atoms with van der Waals surface area (Å²) in [6.07, 6.45) is -10.3. The van der Waals surface area contributed by atoms with Gasteiger partial charge in [0, 0.05) is 29.8 Å². The first kappa shape index (κ1) is 32.1. The number of amides is 2. The summed E-state index contributed by atoms with van der Waals surface area (Å²) in [6.45, 7) is 1.44. The molecule has 7 nitrogen and oxygen atoms in total. The lowest BCUT2D eigenvalue weighted by Gasteiger charge is -2.30. The van der Waals surface area contributed by atoms with Gasteiger partial charge >= 0.3 is 6.18 Å². The highest BCUT2D eigenvalue weighted by atomic mass is 19.4. The van der Waals surface area contributed by atoms with Gasteiger partial charge in [0.15, 0.2) is 5.78 Å². The number of carbonyl (C=O) groups is 3. The van der Waals surface area contributed by atoms with E-state index in [4.69, 9.17) is 5.73 Å². The van der Waals surface area contributed by atoms with Crippen molar-refractivity contribution in [1.82, 2.24) is 5.32 Å². The van der Waals surface area contributed by atoms with E-state index < -0.39 is 67.3 Å². The lowest BCUT2D eigenvalue weighted by atomic mass is 9.81. The van der Waals surface area contributed by atoms with Crippen molar-refractivity contribution in [3.05, 3.63) is 94.5 Å². The number of carbonyl (C=O) groups excluding carboxylic acids is 3. The summed E-state index contributed by atoms with van der Waals surface area (Å²) in [5.74, 6) is -5.72. The van der Waals surface area contributed by atoms with Crippen LogP contribution in [0.1, 0.15) is 53.0 Å². The number of benzene rings is 3. The number of hydrogen-bond acceptors (Lipinski definition) is 5. The fourth-order valence-electron chi connectivity index (χ4n) is 5.58. The van der Waals surface area contributed by atoms with Gasteiger partial charge in [-0.2, -0.15) is 18.4 Å². The fourth-order valence-corrected chi connectivity index (χ4v) is 5.58. The third kappa shape index (κ3) is 7.40. The number of nitrogens with zero attached hydrogens (tertiary/aromatic N) is 2. The first-order valence-electron chi connectivity index (χ1n) is 13.7. The highest BCUT2D eigenvalue weighted by molar-refractivity contribution is 5.96. The van der Waals surface area contributed by atoms with Crippen molar-refractivity contribution in [3.63, 3.8) is 0 Å². The molecule has 4 rings (SSSR count). The highest BCUT2D eigenvalue weighted by Crippen LogP contribution is 2.38. The minimum Gasteiger partial charge on any atom is -0.369 e. The molecule has 0 saturated carbocycles. The summed E-state index contributed by atoms with van der Waals surface area (Å²) >= 11 is 0. The molecule has 0 spiro atoms. The molecule has 2 amide bonds. The van der Waals surface area contributed by atoms with Gasteiger partial charge in [0.05, 0.1) is 30.0 Å². The van der Waals surface area contributed by atoms with E-state index in [2.05, 4.69) is 5.32 Å². The fraction of sp³-hybridized carbons (Fsp3) is 0.312. The van der Waals surface area contributed by atoms with Crippen LogP contribution < -0.4 is 16.0 Å². The molecule has 44 heavy (non-hydrogen) atoms. The molecule has 1 aliphatic heterocycles. The van der Waals surface area contributed by atoms with Crippen molar-refractivity contribution in [2.75, 3.05) is 11.4 Å². The zero-order chi connectivity index (χ0) is 32.2. The van der Waals surface area contributed by atoms with Gasteiger partial charge in [0.2, 0.25) is 11.8 Å². The minimum absolute atomic E-state index is 0.0252. The summed E-state index contributed by atoms with van der Waals surface area (Å²) < 4.78 is 68.1. The van der Waals surface area contributed by atoms with E-state index in [1.165, 1.54) is 41.3 Å². The first-order chi connectivity index (χ1) is 20.8. The van der Waals surface area contributed by atoms with E-state index in [0.717, 1.165) is 0 Å². The van der Waals surface area contributed by atoms with Crippen LogP contribution in [0, 0.1) is 24.2 Å². The molecule has 0 unspecified atom stereocenters. The molecular weight excluding hydrogens is 583 g/mol. The Hall–Kier alpha value is -4.79. The lowest BCUT2D eigenvalue weighted by Crippen LogP contribution is -2.50.